The summed E-state index contributed by atoms with van der Waals surface area (Å²) in [6.45, 7) is 2.14. The second-order valence-electron chi connectivity index (χ2n) is 7.33. The van der Waals surface area contributed by atoms with Gasteiger partial charge in [0.2, 0.25) is 5.91 Å². The van der Waals surface area contributed by atoms with Gasteiger partial charge in [0.15, 0.2) is 0 Å². The van der Waals surface area contributed by atoms with E-state index in [-0.39, 0.29) is 11.9 Å². The van der Waals surface area contributed by atoms with Gasteiger partial charge in [0, 0.05) is 23.5 Å². The molecule has 26 heavy (non-hydrogen) atoms. The van der Waals surface area contributed by atoms with E-state index in [2.05, 4.69) is 46.6 Å². The number of nitrogens with one attached hydrogen (secondary N) is 1. The molecule has 2 aromatic rings. The number of piperidine rings is 1. The number of rotatable bonds is 5. The predicted molar refractivity (Wildman–Crippen MR) is 108 cm³/mol. The van der Waals surface area contributed by atoms with Gasteiger partial charge in [-0.1, -0.05) is 42.5 Å². The fraction of sp³-hybridized carbons (Fsp3) is 0.409. The minimum atomic E-state index is 0.153. The van der Waals surface area contributed by atoms with Gasteiger partial charge in [0.05, 0.1) is 5.75 Å². The fourth-order valence-corrected chi connectivity index (χ4v) is 4.92. The van der Waals surface area contributed by atoms with Crippen molar-refractivity contribution in [3.05, 3.63) is 65.7 Å². The number of carbonyl (C=O) groups is 1. The van der Waals surface area contributed by atoms with E-state index in [4.69, 9.17) is 0 Å². The summed E-state index contributed by atoms with van der Waals surface area (Å²) in [5, 5.41) is 3.26. The van der Waals surface area contributed by atoms with E-state index in [1.54, 1.807) is 11.8 Å². The molecule has 1 aliphatic carbocycles. The minimum Gasteiger partial charge on any atom is -0.351 e. The van der Waals surface area contributed by atoms with Crippen molar-refractivity contribution in [2.75, 3.05) is 18.8 Å². The Bertz CT molecular complexity index is 724. The van der Waals surface area contributed by atoms with Crippen LogP contribution in [-0.2, 0) is 17.6 Å². The van der Waals surface area contributed by atoms with Crippen molar-refractivity contribution in [2.24, 2.45) is 0 Å². The van der Waals surface area contributed by atoms with Gasteiger partial charge in [0.25, 0.3) is 0 Å². The highest BCUT2D eigenvalue weighted by Crippen LogP contribution is 2.27. The third-order valence-electron chi connectivity index (χ3n) is 5.48. The molecule has 2 aromatic carbocycles. The lowest BCUT2D eigenvalue weighted by Gasteiger charge is -2.37. The lowest BCUT2D eigenvalue weighted by molar-refractivity contribution is -0.119. The minimum absolute atomic E-state index is 0.153. The van der Waals surface area contributed by atoms with Crippen LogP contribution in [0.5, 0.6) is 0 Å². The van der Waals surface area contributed by atoms with Crippen molar-refractivity contribution in [1.82, 2.24) is 10.2 Å². The standard InChI is InChI=1S/C22H26N2OS/c25-22(16-26-21-10-2-1-3-11-21)23-19-9-6-12-24(15-19)20-13-17-7-4-5-8-18(17)14-20/h1-5,7-8,10-11,19-20H,6,9,12-16H2,(H,23,25). The molecule has 1 unspecified atom stereocenters. The van der Waals surface area contributed by atoms with Crippen LogP contribution in [0.25, 0.3) is 0 Å². The van der Waals surface area contributed by atoms with Gasteiger partial charge in [-0.05, 0) is 55.5 Å². The van der Waals surface area contributed by atoms with Gasteiger partial charge in [-0.15, -0.1) is 11.8 Å². The summed E-state index contributed by atoms with van der Waals surface area (Å²) in [6.07, 6.45) is 4.57. The van der Waals surface area contributed by atoms with E-state index in [1.165, 1.54) is 17.5 Å². The summed E-state index contributed by atoms with van der Waals surface area (Å²) in [5.74, 6) is 0.649. The maximum atomic E-state index is 12.3. The van der Waals surface area contributed by atoms with Crippen LogP contribution in [0.15, 0.2) is 59.5 Å². The third kappa shape index (κ3) is 4.30. The first-order valence-corrected chi connectivity index (χ1v) is 10.5. The monoisotopic (exact) mass is 366 g/mol. The second kappa shape index (κ2) is 8.28. The second-order valence-corrected chi connectivity index (χ2v) is 8.38. The average molecular weight is 367 g/mol. The number of likely N-dealkylation sites (tertiary alicyclic amines) is 1. The Morgan fingerprint density at radius 3 is 2.46 bits per heavy atom. The third-order valence-corrected chi connectivity index (χ3v) is 6.49. The number of carbonyl (C=O) groups excluding carboxylic acids is 1. The van der Waals surface area contributed by atoms with Crippen molar-refractivity contribution >= 4 is 17.7 Å². The highest BCUT2D eigenvalue weighted by Gasteiger charge is 2.30. The Hall–Kier alpha value is -1.78. The van der Waals surface area contributed by atoms with Crippen molar-refractivity contribution < 1.29 is 4.79 Å². The highest BCUT2D eigenvalue weighted by molar-refractivity contribution is 8.00. The molecule has 1 amide bonds. The first-order chi connectivity index (χ1) is 12.8. The molecule has 1 N–H and O–H groups in total. The Balaban J connectivity index is 1.27. The van der Waals surface area contributed by atoms with E-state index in [1.807, 2.05) is 18.2 Å². The van der Waals surface area contributed by atoms with Crippen LogP contribution in [0.2, 0.25) is 0 Å². The van der Waals surface area contributed by atoms with Crippen LogP contribution in [0.1, 0.15) is 24.0 Å². The summed E-state index contributed by atoms with van der Waals surface area (Å²) < 4.78 is 0. The van der Waals surface area contributed by atoms with Crippen LogP contribution in [0.3, 0.4) is 0 Å². The number of nitrogens with zero attached hydrogens (tertiary/aromatic N) is 1. The lowest BCUT2D eigenvalue weighted by Crippen LogP contribution is -2.51. The Kier molecular flexibility index (Phi) is 5.61. The van der Waals surface area contributed by atoms with E-state index < -0.39 is 0 Å². The number of hydrogen-bond donors (Lipinski definition) is 1. The molecule has 1 aliphatic heterocycles. The SMILES string of the molecule is O=C(CSc1ccccc1)NC1CCCN(C2Cc3ccccc3C2)C1. The normalized spacial score (nSPS) is 20.7. The quantitative estimate of drug-likeness (QED) is 0.822. The summed E-state index contributed by atoms with van der Waals surface area (Å²) in [6, 6.07) is 19.8. The van der Waals surface area contributed by atoms with E-state index in [0.29, 0.717) is 11.8 Å². The number of hydrogen-bond acceptors (Lipinski definition) is 3. The molecular weight excluding hydrogens is 340 g/mol. The summed E-state index contributed by atoms with van der Waals surface area (Å²) in [7, 11) is 0. The summed E-state index contributed by atoms with van der Waals surface area (Å²) in [5.41, 5.74) is 3.01. The van der Waals surface area contributed by atoms with E-state index in [9.17, 15) is 4.79 Å². The zero-order valence-electron chi connectivity index (χ0n) is 15.1. The Labute approximate surface area is 160 Å². The molecule has 0 bridgehead atoms. The molecule has 0 spiro atoms. The smallest absolute Gasteiger partial charge is 0.230 e. The molecule has 1 fully saturated rings. The molecule has 0 radical (unpaired) electrons. The molecule has 136 valence electrons. The first kappa shape index (κ1) is 17.6. The van der Waals surface area contributed by atoms with E-state index in [0.717, 1.165) is 37.2 Å². The van der Waals surface area contributed by atoms with Gasteiger partial charge in [-0.2, -0.15) is 0 Å². The molecule has 1 atom stereocenters. The number of thioether (sulfide) groups is 1. The Morgan fingerprint density at radius 1 is 1.04 bits per heavy atom. The maximum Gasteiger partial charge on any atom is 0.230 e. The van der Waals surface area contributed by atoms with Crippen molar-refractivity contribution in [1.29, 1.82) is 0 Å². The van der Waals surface area contributed by atoms with Crippen LogP contribution < -0.4 is 5.32 Å². The number of amides is 1. The van der Waals surface area contributed by atoms with Crippen LogP contribution >= 0.6 is 11.8 Å². The molecule has 4 rings (SSSR count). The van der Waals surface area contributed by atoms with Gasteiger partial charge < -0.3 is 5.32 Å². The van der Waals surface area contributed by atoms with Crippen molar-refractivity contribution in [3.8, 4) is 0 Å². The lowest BCUT2D eigenvalue weighted by atomic mass is 10.0. The highest BCUT2D eigenvalue weighted by atomic mass is 32.2. The van der Waals surface area contributed by atoms with Crippen LogP contribution in [-0.4, -0.2) is 41.7 Å². The molecule has 1 heterocycles. The molecule has 4 heteroatoms. The van der Waals surface area contributed by atoms with Gasteiger partial charge in [-0.25, -0.2) is 0 Å². The first-order valence-electron chi connectivity index (χ1n) is 9.56. The van der Waals surface area contributed by atoms with Crippen LogP contribution in [0.4, 0.5) is 0 Å². The molecule has 1 saturated heterocycles. The zero-order chi connectivity index (χ0) is 17.8. The van der Waals surface area contributed by atoms with Gasteiger partial charge in [0.1, 0.15) is 0 Å². The average Bonchev–Trinajstić information content (AvgIpc) is 3.12. The number of fused-ring (bicyclic) bond motifs is 1. The molecule has 3 nitrogen and oxygen atoms in total. The predicted octanol–water partition coefficient (Wildman–Crippen LogP) is 3.53. The zero-order valence-corrected chi connectivity index (χ0v) is 15.9. The molecule has 0 aromatic heterocycles. The van der Waals surface area contributed by atoms with Crippen LogP contribution in [0, 0.1) is 0 Å². The fourth-order valence-electron chi connectivity index (χ4n) is 4.18. The maximum absolute atomic E-state index is 12.3. The van der Waals surface area contributed by atoms with E-state index >= 15 is 0 Å². The van der Waals surface area contributed by atoms with Crippen molar-refractivity contribution in [2.45, 2.75) is 42.7 Å². The largest absolute Gasteiger partial charge is 0.351 e. The molecule has 2 aliphatic rings. The van der Waals surface area contributed by atoms with Crippen molar-refractivity contribution in [3.63, 3.8) is 0 Å². The summed E-state index contributed by atoms with van der Waals surface area (Å²) >= 11 is 1.61. The van der Waals surface area contributed by atoms with Gasteiger partial charge >= 0.3 is 0 Å². The molecular formula is C22H26N2OS. The molecule has 0 saturated carbocycles. The Morgan fingerprint density at radius 2 is 1.73 bits per heavy atom. The van der Waals surface area contributed by atoms with Gasteiger partial charge in [-0.3, -0.25) is 9.69 Å². The summed E-state index contributed by atoms with van der Waals surface area (Å²) in [4.78, 5) is 16.1. The topological polar surface area (TPSA) is 32.3 Å². The number of benzene rings is 2.